The van der Waals surface area contributed by atoms with Crippen molar-refractivity contribution in [2.24, 2.45) is 0 Å². The minimum absolute atomic E-state index is 0.00492. The maximum Gasteiger partial charge on any atom is 0.257 e. The van der Waals surface area contributed by atoms with Crippen LogP contribution in [0.15, 0.2) is 30.5 Å². The maximum absolute atomic E-state index is 14.0. The molecule has 0 unspecified atom stereocenters. The van der Waals surface area contributed by atoms with E-state index in [4.69, 9.17) is 0 Å². The predicted octanol–water partition coefficient (Wildman–Crippen LogP) is 2.63. The average molecular weight is 342 g/mol. The number of para-hydroxylation sites is 1. The first-order valence-electron chi connectivity index (χ1n) is 8.98. The van der Waals surface area contributed by atoms with Crippen LogP contribution in [0.25, 0.3) is 5.69 Å². The molecule has 1 aromatic carbocycles. The molecule has 2 aliphatic heterocycles. The van der Waals surface area contributed by atoms with Crippen LogP contribution in [0.5, 0.6) is 0 Å². The fraction of sp³-hybridized carbons (Fsp3) is 0.474. The third-order valence-electron chi connectivity index (χ3n) is 5.45. The van der Waals surface area contributed by atoms with Crippen LogP contribution >= 0.6 is 0 Å². The molecule has 0 saturated carbocycles. The number of aromatic nitrogens is 2. The first-order valence-corrected chi connectivity index (χ1v) is 8.98. The van der Waals surface area contributed by atoms with Crippen molar-refractivity contribution in [2.45, 2.75) is 32.2 Å². The van der Waals surface area contributed by atoms with Crippen molar-refractivity contribution in [3.05, 3.63) is 47.5 Å². The molecule has 1 aromatic heterocycles. The summed E-state index contributed by atoms with van der Waals surface area (Å²) >= 11 is 0. The first kappa shape index (κ1) is 16.3. The van der Waals surface area contributed by atoms with Gasteiger partial charge in [-0.05, 0) is 38.4 Å². The monoisotopic (exact) mass is 342 g/mol. The first-order chi connectivity index (χ1) is 12.1. The molecule has 132 valence electrons. The highest BCUT2D eigenvalue weighted by atomic mass is 19.1. The van der Waals surface area contributed by atoms with E-state index in [2.05, 4.69) is 10.00 Å². The van der Waals surface area contributed by atoms with Gasteiger partial charge in [0.15, 0.2) is 0 Å². The van der Waals surface area contributed by atoms with Crippen molar-refractivity contribution in [1.82, 2.24) is 19.6 Å². The van der Waals surface area contributed by atoms with E-state index >= 15 is 0 Å². The standard InChI is InChI=1S/C19H23FN4O/c1-14-16(12-21-24(14)18-8-3-2-7-17(18)20)19(25)23-11-10-22-9-5-4-6-15(22)13-23/h2-3,7-8,12,15H,4-6,9-11,13H2,1H3/t15-/m0/s1. The Hall–Kier alpha value is -2.21. The Morgan fingerprint density at radius 1 is 1.20 bits per heavy atom. The number of carbonyl (C=O) groups is 1. The van der Waals surface area contributed by atoms with Crippen LogP contribution in [0.2, 0.25) is 0 Å². The number of piperidine rings is 1. The number of fused-ring (bicyclic) bond motifs is 1. The minimum Gasteiger partial charge on any atom is -0.336 e. The minimum atomic E-state index is -0.344. The van der Waals surface area contributed by atoms with Crippen molar-refractivity contribution in [2.75, 3.05) is 26.2 Å². The lowest BCUT2D eigenvalue weighted by atomic mass is 9.99. The fourth-order valence-electron chi connectivity index (χ4n) is 4.00. The number of halogens is 1. The summed E-state index contributed by atoms with van der Waals surface area (Å²) in [5.41, 5.74) is 1.62. The van der Waals surface area contributed by atoms with E-state index < -0.39 is 0 Å². The molecule has 6 heteroatoms. The summed E-state index contributed by atoms with van der Waals surface area (Å²) in [6, 6.07) is 6.97. The molecule has 2 fully saturated rings. The van der Waals surface area contributed by atoms with Gasteiger partial charge in [-0.2, -0.15) is 5.10 Å². The second-order valence-electron chi connectivity index (χ2n) is 6.94. The highest BCUT2D eigenvalue weighted by molar-refractivity contribution is 5.95. The van der Waals surface area contributed by atoms with Gasteiger partial charge in [0.05, 0.1) is 17.5 Å². The highest BCUT2D eigenvalue weighted by Crippen LogP contribution is 2.23. The lowest BCUT2D eigenvalue weighted by Crippen LogP contribution is -2.56. The lowest BCUT2D eigenvalue weighted by Gasteiger charge is -2.44. The highest BCUT2D eigenvalue weighted by Gasteiger charge is 2.32. The van der Waals surface area contributed by atoms with E-state index in [0.29, 0.717) is 23.0 Å². The number of piperazine rings is 1. The average Bonchev–Trinajstić information content (AvgIpc) is 3.02. The van der Waals surface area contributed by atoms with E-state index in [-0.39, 0.29) is 11.7 Å². The summed E-state index contributed by atoms with van der Waals surface area (Å²) < 4.78 is 15.6. The van der Waals surface area contributed by atoms with Gasteiger partial charge in [0.2, 0.25) is 0 Å². The third kappa shape index (κ3) is 2.95. The predicted molar refractivity (Wildman–Crippen MR) is 93.4 cm³/mol. The Balaban J connectivity index is 1.56. The number of amides is 1. The molecule has 0 radical (unpaired) electrons. The van der Waals surface area contributed by atoms with Gasteiger partial charge >= 0.3 is 0 Å². The van der Waals surface area contributed by atoms with E-state index in [9.17, 15) is 9.18 Å². The van der Waals surface area contributed by atoms with Gasteiger partial charge in [0, 0.05) is 25.7 Å². The maximum atomic E-state index is 14.0. The van der Waals surface area contributed by atoms with Crippen LogP contribution in [-0.4, -0.2) is 57.7 Å². The number of rotatable bonds is 2. The Bertz CT molecular complexity index is 787. The van der Waals surface area contributed by atoms with Crippen LogP contribution in [-0.2, 0) is 0 Å². The number of benzene rings is 1. The van der Waals surface area contributed by atoms with Gasteiger partial charge < -0.3 is 4.90 Å². The summed E-state index contributed by atoms with van der Waals surface area (Å²) in [6.07, 6.45) is 5.24. The molecule has 4 rings (SSSR count). The van der Waals surface area contributed by atoms with E-state index in [1.54, 1.807) is 24.4 Å². The van der Waals surface area contributed by atoms with Crippen molar-refractivity contribution < 1.29 is 9.18 Å². The van der Waals surface area contributed by atoms with Crippen molar-refractivity contribution in [1.29, 1.82) is 0 Å². The van der Waals surface area contributed by atoms with E-state index in [1.807, 2.05) is 11.8 Å². The molecule has 0 N–H and O–H groups in total. The summed E-state index contributed by atoms with van der Waals surface area (Å²) in [7, 11) is 0. The molecule has 2 aliphatic rings. The number of hydrogen-bond donors (Lipinski definition) is 0. The van der Waals surface area contributed by atoms with Gasteiger partial charge in [0.25, 0.3) is 5.91 Å². The van der Waals surface area contributed by atoms with Crippen molar-refractivity contribution >= 4 is 5.91 Å². The van der Waals surface area contributed by atoms with E-state index in [0.717, 1.165) is 32.6 Å². The fourth-order valence-corrected chi connectivity index (χ4v) is 4.00. The van der Waals surface area contributed by atoms with Crippen LogP contribution in [0.1, 0.15) is 35.3 Å². The van der Waals surface area contributed by atoms with Gasteiger partial charge in [-0.15, -0.1) is 0 Å². The Morgan fingerprint density at radius 2 is 2.04 bits per heavy atom. The normalized spacial score (nSPS) is 21.2. The summed E-state index contributed by atoms with van der Waals surface area (Å²) in [4.78, 5) is 17.4. The zero-order chi connectivity index (χ0) is 17.4. The number of hydrogen-bond acceptors (Lipinski definition) is 3. The largest absolute Gasteiger partial charge is 0.336 e. The summed E-state index contributed by atoms with van der Waals surface area (Å²) in [5, 5.41) is 4.26. The van der Waals surface area contributed by atoms with Crippen LogP contribution in [0.4, 0.5) is 4.39 Å². The summed E-state index contributed by atoms with van der Waals surface area (Å²) in [5.74, 6) is -0.339. The molecule has 3 heterocycles. The van der Waals surface area contributed by atoms with E-state index in [1.165, 1.54) is 23.6 Å². The second-order valence-corrected chi connectivity index (χ2v) is 6.94. The van der Waals surface area contributed by atoms with Gasteiger partial charge in [-0.1, -0.05) is 18.6 Å². The number of carbonyl (C=O) groups excluding carboxylic acids is 1. The van der Waals surface area contributed by atoms with Crippen molar-refractivity contribution in [3.63, 3.8) is 0 Å². The summed E-state index contributed by atoms with van der Waals surface area (Å²) in [6.45, 7) is 5.44. The zero-order valence-electron chi connectivity index (χ0n) is 14.5. The molecule has 2 saturated heterocycles. The zero-order valence-corrected chi connectivity index (χ0v) is 14.5. The Morgan fingerprint density at radius 3 is 2.88 bits per heavy atom. The molecular weight excluding hydrogens is 319 g/mol. The molecule has 0 bridgehead atoms. The quantitative estimate of drug-likeness (QED) is 0.842. The Labute approximate surface area is 147 Å². The second kappa shape index (κ2) is 6.59. The Kier molecular flexibility index (Phi) is 4.29. The van der Waals surface area contributed by atoms with Crippen LogP contribution in [0, 0.1) is 12.7 Å². The molecule has 1 atom stereocenters. The van der Waals surface area contributed by atoms with Crippen LogP contribution in [0.3, 0.4) is 0 Å². The molecule has 5 nitrogen and oxygen atoms in total. The topological polar surface area (TPSA) is 41.4 Å². The molecule has 0 spiro atoms. The third-order valence-corrected chi connectivity index (χ3v) is 5.45. The molecule has 0 aliphatic carbocycles. The van der Waals surface area contributed by atoms with Gasteiger partial charge in [0.1, 0.15) is 11.5 Å². The van der Waals surface area contributed by atoms with Gasteiger partial charge in [-0.3, -0.25) is 9.69 Å². The van der Waals surface area contributed by atoms with Crippen LogP contribution < -0.4 is 0 Å². The van der Waals surface area contributed by atoms with Crippen molar-refractivity contribution in [3.8, 4) is 5.69 Å². The smallest absolute Gasteiger partial charge is 0.257 e. The molecule has 25 heavy (non-hydrogen) atoms. The molecule has 1 amide bonds. The van der Waals surface area contributed by atoms with Gasteiger partial charge in [-0.25, -0.2) is 9.07 Å². The number of nitrogens with zero attached hydrogens (tertiary/aromatic N) is 4. The molecule has 2 aromatic rings. The lowest BCUT2D eigenvalue weighted by molar-refractivity contribution is 0.0372. The molecular formula is C19H23FN4O. The SMILES string of the molecule is Cc1c(C(=O)N2CCN3CCCC[C@H]3C2)cnn1-c1ccccc1F.